The third kappa shape index (κ3) is 3.74. The van der Waals surface area contributed by atoms with Crippen LogP contribution in [0, 0.1) is 6.92 Å². The first-order chi connectivity index (χ1) is 13.7. The van der Waals surface area contributed by atoms with Crippen LogP contribution in [0.3, 0.4) is 0 Å². The molecule has 2 aromatic heterocycles. The first-order valence-corrected chi connectivity index (χ1v) is 9.17. The molecule has 3 heterocycles. The van der Waals surface area contributed by atoms with Crippen LogP contribution in [0.25, 0.3) is 10.9 Å². The molecule has 1 amide bonds. The standard InChI is InChI=1S/C19H18F3N5O2/c1-11-8-15(19(20,21)22)25-27(11)10-17(28)23-12-5-6-14-13(9-12)18(29)26-7-3-2-4-16(26)24-14/h5-6,8-9H,2-4,7,10H2,1H3,(H,23,28). The van der Waals surface area contributed by atoms with Crippen LogP contribution in [0.4, 0.5) is 18.9 Å². The molecule has 0 unspecified atom stereocenters. The number of fused-ring (bicyclic) bond motifs is 2. The van der Waals surface area contributed by atoms with Crippen LogP contribution in [0.15, 0.2) is 29.1 Å². The predicted molar refractivity (Wildman–Crippen MR) is 99.5 cm³/mol. The van der Waals surface area contributed by atoms with Gasteiger partial charge in [0.1, 0.15) is 12.4 Å². The molecule has 152 valence electrons. The second-order valence-corrected chi connectivity index (χ2v) is 7.05. The zero-order valence-electron chi connectivity index (χ0n) is 15.6. The lowest BCUT2D eigenvalue weighted by atomic mass is 10.1. The molecule has 0 bridgehead atoms. The molecule has 29 heavy (non-hydrogen) atoms. The summed E-state index contributed by atoms with van der Waals surface area (Å²) in [5, 5.41) is 6.44. The Morgan fingerprint density at radius 2 is 2.03 bits per heavy atom. The first-order valence-electron chi connectivity index (χ1n) is 9.17. The normalized spacial score (nSPS) is 14.1. The molecule has 0 spiro atoms. The molecule has 0 atom stereocenters. The van der Waals surface area contributed by atoms with Gasteiger partial charge in [-0.25, -0.2) is 4.98 Å². The molecule has 0 aliphatic carbocycles. The fourth-order valence-electron chi connectivity index (χ4n) is 3.46. The van der Waals surface area contributed by atoms with Crippen LogP contribution >= 0.6 is 0 Å². The fourth-order valence-corrected chi connectivity index (χ4v) is 3.46. The molecular weight excluding hydrogens is 387 g/mol. The van der Waals surface area contributed by atoms with E-state index in [-0.39, 0.29) is 17.8 Å². The smallest absolute Gasteiger partial charge is 0.324 e. The molecule has 7 nitrogen and oxygen atoms in total. The average molecular weight is 405 g/mol. The summed E-state index contributed by atoms with van der Waals surface area (Å²) in [7, 11) is 0. The molecule has 1 aromatic carbocycles. The van der Waals surface area contributed by atoms with Crippen molar-refractivity contribution in [3.05, 3.63) is 51.8 Å². The van der Waals surface area contributed by atoms with Gasteiger partial charge < -0.3 is 5.32 Å². The average Bonchev–Trinajstić information content (AvgIpc) is 3.03. The molecule has 0 radical (unpaired) electrons. The maximum Gasteiger partial charge on any atom is 0.435 e. The van der Waals surface area contributed by atoms with E-state index >= 15 is 0 Å². The molecular formula is C19H18F3N5O2. The van der Waals surface area contributed by atoms with Crippen molar-refractivity contribution in [3.63, 3.8) is 0 Å². The lowest BCUT2D eigenvalue weighted by molar-refractivity contribution is -0.141. The van der Waals surface area contributed by atoms with Gasteiger partial charge in [0.05, 0.1) is 10.9 Å². The highest BCUT2D eigenvalue weighted by atomic mass is 19.4. The third-order valence-electron chi connectivity index (χ3n) is 4.91. The Bertz CT molecular complexity index is 1160. The van der Waals surface area contributed by atoms with Gasteiger partial charge in [-0.2, -0.15) is 18.3 Å². The van der Waals surface area contributed by atoms with E-state index < -0.39 is 17.8 Å². The Hall–Kier alpha value is -3.17. The van der Waals surface area contributed by atoms with Crippen LogP contribution in [-0.2, 0) is 30.5 Å². The zero-order valence-corrected chi connectivity index (χ0v) is 15.6. The van der Waals surface area contributed by atoms with Gasteiger partial charge in [-0.15, -0.1) is 0 Å². The van der Waals surface area contributed by atoms with Crippen molar-refractivity contribution in [2.75, 3.05) is 5.32 Å². The van der Waals surface area contributed by atoms with Crippen molar-refractivity contribution < 1.29 is 18.0 Å². The number of aromatic nitrogens is 4. The van der Waals surface area contributed by atoms with Crippen LogP contribution in [0.1, 0.15) is 30.1 Å². The molecule has 3 aromatic rings. The number of halogens is 3. The van der Waals surface area contributed by atoms with Crippen molar-refractivity contribution in [1.29, 1.82) is 0 Å². The highest BCUT2D eigenvalue weighted by molar-refractivity contribution is 5.93. The Morgan fingerprint density at radius 1 is 1.24 bits per heavy atom. The lowest BCUT2D eigenvalue weighted by Crippen LogP contribution is -2.28. The Labute approximate surface area is 163 Å². The topological polar surface area (TPSA) is 81.8 Å². The van der Waals surface area contributed by atoms with Crippen molar-refractivity contribution in [2.45, 2.75) is 45.5 Å². The molecule has 0 saturated heterocycles. The van der Waals surface area contributed by atoms with Gasteiger partial charge in [0.25, 0.3) is 5.56 Å². The highest BCUT2D eigenvalue weighted by Gasteiger charge is 2.34. The Kier molecular flexibility index (Phi) is 4.64. The van der Waals surface area contributed by atoms with E-state index in [4.69, 9.17) is 0 Å². The summed E-state index contributed by atoms with van der Waals surface area (Å²) in [5.74, 6) is 0.218. The first kappa shape index (κ1) is 19.2. The third-order valence-corrected chi connectivity index (χ3v) is 4.91. The molecule has 4 rings (SSSR count). The van der Waals surface area contributed by atoms with Gasteiger partial charge in [0.15, 0.2) is 5.69 Å². The van der Waals surface area contributed by atoms with E-state index in [0.717, 1.165) is 35.8 Å². The second kappa shape index (κ2) is 7.02. The number of nitrogens with zero attached hydrogens (tertiary/aromatic N) is 4. The Morgan fingerprint density at radius 3 is 2.76 bits per heavy atom. The van der Waals surface area contributed by atoms with Gasteiger partial charge in [-0.3, -0.25) is 18.8 Å². The number of rotatable bonds is 3. The molecule has 10 heteroatoms. The largest absolute Gasteiger partial charge is 0.435 e. The number of hydrogen-bond acceptors (Lipinski definition) is 4. The van der Waals surface area contributed by atoms with Gasteiger partial charge in [-0.1, -0.05) is 0 Å². The number of carbonyl (C=O) groups excluding carboxylic acids is 1. The molecule has 0 saturated carbocycles. The zero-order chi connectivity index (χ0) is 20.8. The van der Waals surface area contributed by atoms with Gasteiger partial charge in [0, 0.05) is 24.3 Å². The molecule has 0 fully saturated rings. The minimum atomic E-state index is -4.57. The second-order valence-electron chi connectivity index (χ2n) is 7.05. The monoisotopic (exact) mass is 405 g/mol. The number of amides is 1. The summed E-state index contributed by atoms with van der Waals surface area (Å²) >= 11 is 0. The quantitative estimate of drug-likeness (QED) is 0.727. The van der Waals surface area contributed by atoms with Gasteiger partial charge in [0.2, 0.25) is 5.91 Å². The minimum absolute atomic E-state index is 0.154. The number of nitrogens with one attached hydrogen (secondary N) is 1. The number of carbonyl (C=O) groups is 1. The number of hydrogen-bond donors (Lipinski definition) is 1. The number of alkyl halides is 3. The lowest BCUT2D eigenvalue weighted by Gasteiger charge is -2.18. The van der Waals surface area contributed by atoms with Gasteiger partial charge >= 0.3 is 6.18 Å². The van der Waals surface area contributed by atoms with Crippen LogP contribution in [-0.4, -0.2) is 25.2 Å². The summed E-state index contributed by atoms with van der Waals surface area (Å²) < 4.78 is 40.9. The van der Waals surface area contributed by atoms with E-state index in [1.54, 1.807) is 22.8 Å². The predicted octanol–water partition coefficient (Wildman–Crippen LogP) is 2.90. The van der Waals surface area contributed by atoms with E-state index in [1.165, 1.54) is 6.92 Å². The summed E-state index contributed by atoms with van der Waals surface area (Å²) in [6.07, 6.45) is -1.90. The maximum atomic E-state index is 12.8. The van der Waals surface area contributed by atoms with E-state index in [2.05, 4.69) is 15.4 Å². The van der Waals surface area contributed by atoms with Gasteiger partial charge in [-0.05, 0) is 44.0 Å². The summed E-state index contributed by atoms with van der Waals surface area (Å²) in [4.78, 5) is 29.6. The molecule has 1 N–H and O–H groups in total. The van der Waals surface area contributed by atoms with E-state index in [0.29, 0.717) is 23.1 Å². The van der Waals surface area contributed by atoms with Crippen molar-refractivity contribution in [1.82, 2.24) is 19.3 Å². The van der Waals surface area contributed by atoms with E-state index in [9.17, 15) is 22.8 Å². The van der Waals surface area contributed by atoms with Crippen molar-refractivity contribution in [2.24, 2.45) is 0 Å². The van der Waals surface area contributed by atoms with Crippen molar-refractivity contribution in [3.8, 4) is 0 Å². The molecule has 1 aliphatic heterocycles. The maximum absolute atomic E-state index is 12.8. The van der Waals surface area contributed by atoms with E-state index in [1.807, 2.05) is 0 Å². The summed E-state index contributed by atoms with van der Waals surface area (Å²) in [6, 6.07) is 5.70. The molecule has 1 aliphatic rings. The minimum Gasteiger partial charge on any atom is -0.324 e. The Balaban J connectivity index is 1.56. The van der Waals surface area contributed by atoms with Crippen LogP contribution in [0.2, 0.25) is 0 Å². The fraction of sp³-hybridized carbons (Fsp3) is 0.368. The number of benzene rings is 1. The summed E-state index contributed by atoms with van der Waals surface area (Å²) in [6.45, 7) is 1.69. The summed E-state index contributed by atoms with van der Waals surface area (Å²) in [5.41, 5.74) is -0.0477. The van der Waals surface area contributed by atoms with Crippen molar-refractivity contribution >= 4 is 22.5 Å². The highest BCUT2D eigenvalue weighted by Crippen LogP contribution is 2.28. The van der Waals surface area contributed by atoms with Crippen LogP contribution in [0.5, 0.6) is 0 Å². The number of anilines is 1. The SMILES string of the molecule is Cc1cc(C(F)(F)F)nn1CC(=O)Nc1ccc2nc3n(c(=O)c2c1)CCCC3. The number of aryl methyl sites for hydroxylation is 2. The van der Waals surface area contributed by atoms with Crippen LogP contribution < -0.4 is 10.9 Å².